The first kappa shape index (κ1) is 34.9. The highest BCUT2D eigenvalue weighted by Gasteiger charge is 2.28. The van der Waals surface area contributed by atoms with E-state index in [1.54, 1.807) is 43.5 Å². The highest BCUT2D eigenvalue weighted by Crippen LogP contribution is 2.41. The van der Waals surface area contributed by atoms with Gasteiger partial charge >= 0.3 is 6.03 Å². The minimum atomic E-state index is -4.55. The number of carbonyl (C=O) groups excluding carboxylic acids is 1. The Balaban J connectivity index is 0.00000552. The molecule has 0 radical (unpaired) electrons. The summed E-state index contributed by atoms with van der Waals surface area (Å²) in [6.07, 6.45) is 1.73. The van der Waals surface area contributed by atoms with Crippen LogP contribution in [0.4, 0.5) is 21.9 Å². The van der Waals surface area contributed by atoms with Crippen LogP contribution in [0.25, 0.3) is 11.1 Å². The quantitative estimate of drug-likeness (QED) is 0.0559. The summed E-state index contributed by atoms with van der Waals surface area (Å²) in [4.78, 5) is 15.4. The number of hydrogen-bond donors (Lipinski definition) is 7. The first-order valence-electron chi connectivity index (χ1n) is 12.5. The summed E-state index contributed by atoms with van der Waals surface area (Å²) >= 11 is 2.33. The lowest BCUT2D eigenvalue weighted by Crippen LogP contribution is -2.21. The molecule has 0 aliphatic carbocycles. The van der Waals surface area contributed by atoms with Crippen molar-refractivity contribution in [3.63, 3.8) is 0 Å². The predicted octanol–water partition coefficient (Wildman–Crippen LogP) is 4.62. The molecule has 0 aliphatic heterocycles. The van der Waals surface area contributed by atoms with Crippen molar-refractivity contribution in [1.82, 2.24) is 0 Å². The molecule has 3 aromatic carbocycles. The van der Waals surface area contributed by atoms with Crippen molar-refractivity contribution >= 4 is 77.7 Å². The van der Waals surface area contributed by atoms with Gasteiger partial charge in [-0.05, 0) is 78.9 Å². The Kier molecular flexibility index (Phi) is 10.5. The van der Waals surface area contributed by atoms with Crippen molar-refractivity contribution in [2.24, 2.45) is 31.7 Å². The van der Waals surface area contributed by atoms with Gasteiger partial charge in [0.2, 0.25) is 0 Å². The van der Waals surface area contributed by atoms with Gasteiger partial charge in [-0.1, -0.05) is 23.3 Å². The number of nitrogens with two attached hydrogens (primary N) is 5. The van der Waals surface area contributed by atoms with Gasteiger partial charge in [0.25, 0.3) is 10.0 Å². The smallest absolute Gasteiger partial charge is 0.316 e. The van der Waals surface area contributed by atoms with Crippen molar-refractivity contribution in [3.8, 4) is 11.1 Å². The highest BCUT2D eigenvalue weighted by atomic mass is 32.3. The third-order valence-electron chi connectivity index (χ3n) is 6.09. The second-order valence-electron chi connectivity index (χ2n) is 9.26. The lowest BCUT2D eigenvalue weighted by atomic mass is 9.98. The summed E-state index contributed by atoms with van der Waals surface area (Å²) in [5, 5.41) is 10.3. The van der Waals surface area contributed by atoms with Gasteiger partial charge in [-0.2, -0.15) is 8.42 Å². The molecule has 1 atom stereocenters. The van der Waals surface area contributed by atoms with Crippen molar-refractivity contribution in [2.75, 3.05) is 17.3 Å². The summed E-state index contributed by atoms with van der Waals surface area (Å²) in [7, 11) is -8.48. The number of nitrogens with one attached hydrogen (secondary N) is 2. The molecule has 0 fully saturated rings. The minimum absolute atomic E-state index is 0. The largest absolute Gasteiger partial charge is 0.398 e. The van der Waals surface area contributed by atoms with Gasteiger partial charge in [0, 0.05) is 16.9 Å². The Hall–Kier alpha value is -4.58. The van der Waals surface area contributed by atoms with Crippen LogP contribution in [0.3, 0.4) is 0 Å². The molecule has 0 saturated carbocycles. The number of guanidine groups is 1. The summed E-state index contributed by atoms with van der Waals surface area (Å²) in [6.45, 7) is 1.80. The number of carbonyl (C=O) groups is 1. The molecular formula is C28H33N9O4S4. The van der Waals surface area contributed by atoms with E-state index in [-0.39, 0.29) is 39.6 Å². The number of rotatable bonds is 9. The molecule has 4 aromatic rings. The average molecular weight is 688 g/mol. The van der Waals surface area contributed by atoms with Crippen LogP contribution < -0.4 is 34.0 Å². The minimum Gasteiger partial charge on any atom is -0.398 e. The second-order valence-corrected chi connectivity index (χ2v) is 15.4. The van der Waals surface area contributed by atoms with E-state index in [0.29, 0.717) is 37.2 Å². The third-order valence-corrected chi connectivity index (χ3v) is 13.0. The molecule has 17 heteroatoms. The van der Waals surface area contributed by atoms with E-state index in [9.17, 15) is 13.2 Å². The number of aliphatic imine (C=N–C) groups is 1. The fraction of sp³-hybridized carbons (Fsp3) is 0.107. The fourth-order valence-electron chi connectivity index (χ4n) is 4.30. The van der Waals surface area contributed by atoms with Crippen LogP contribution >= 0.6 is 23.1 Å². The molecule has 0 saturated heterocycles. The number of benzene rings is 3. The molecule has 0 bridgehead atoms. The van der Waals surface area contributed by atoms with Crippen LogP contribution in [0.15, 0.2) is 94.4 Å². The number of sulfonamides is 1. The number of amides is 2. The van der Waals surface area contributed by atoms with Crippen LogP contribution in [0.2, 0.25) is 0 Å². The average Bonchev–Trinajstić information content (AvgIpc) is 3.38. The monoisotopic (exact) mass is 687 g/mol. The molecule has 0 spiro atoms. The van der Waals surface area contributed by atoms with Gasteiger partial charge in [-0.3, -0.25) is 5.41 Å². The molecule has 2 amide bonds. The SMILES string of the molecule is C.CSc1sc(C(=N)N)cc1S(=O)(=NS(=O)(=O)c1ccc(NC(N)=O)cc1)c1cccc(-c2c(C)cc(N=C(N)N)cc2N)c1. The second kappa shape index (κ2) is 13.6. The number of primary amides is 1. The van der Waals surface area contributed by atoms with Crippen molar-refractivity contribution in [3.05, 3.63) is 77.2 Å². The van der Waals surface area contributed by atoms with Gasteiger partial charge < -0.3 is 34.0 Å². The summed E-state index contributed by atoms with van der Waals surface area (Å²) in [6, 6.07) is 15.5. The summed E-state index contributed by atoms with van der Waals surface area (Å²) in [5.41, 5.74) is 31.2. The third kappa shape index (κ3) is 7.56. The van der Waals surface area contributed by atoms with Gasteiger partial charge in [-0.25, -0.2) is 14.0 Å². The molecule has 238 valence electrons. The normalized spacial score (nSPS) is 12.3. The maximum atomic E-state index is 15.1. The molecule has 1 unspecified atom stereocenters. The van der Waals surface area contributed by atoms with Crippen LogP contribution in [0, 0.1) is 12.3 Å². The Morgan fingerprint density at radius 3 is 2.18 bits per heavy atom. The number of hydrogen-bond acceptors (Lipinski definition) is 9. The molecule has 4 rings (SSSR count). The number of anilines is 2. The lowest BCUT2D eigenvalue weighted by molar-refractivity contribution is 0.259. The van der Waals surface area contributed by atoms with Crippen molar-refractivity contribution in [2.45, 2.75) is 33.2 Å². The standard InChI is InChI=1S/C27H29N9O4S4.CH4/c1-14-10-17(34-26(31)32)12-20(28)23(14)15-4-3-5-19(11-15)43(38,22-13-21(24(29)30)42-25(22)41-2)36-44(39,40)18-8-6-16(7-9-18)35-27(33)37;/h3-13H,28H2,1-2H3,(H3,29,30)(H4,31,32,34)(H3,33,35,37);1H4. The fourth-order valence-corrected chi connectivity index (χ4v) is 10.8. The van der Waals surface area contributed by atoms with E-state index in [0.717, 1.165) is 11.3 Å². The number of nitrogens with zero attached hydrogens (tertiary/aromatic N) is 2. The number of urea groups is 1. The first-order valence-corrected chi connectivity index (χ1v) is 17.5. The van der Waals surface area contributed by atoms with Gasteiger partial charge in [-0.15, -0.1) is 23.1 Å². The van der Waals surface area contributed by atoms with Crippen molar-refractivity contribution in [1.29, 1.82) is 5.41 Å². The van der Waals surface area contributed by atoms with Crippen molar-refractivity contribution < 1.29 is 17.4 Å². The maximum absolute atomic E-state index is 15.1. The molecule has 0 aliphatic rings. The molecule has 12 N–H and O–H groups in total. The number of thiophene rings is 1. The lowest BCUT2D eigenvalue weighted by Gasteiger charge is -2.15. The Morgan fingerprint density at radius 1 is 0.956 bits per heavy atom. The van der Waals surface area contributed by atoms with Gasteiger partial charge in [0.1, 0.15) is 15.6 Å². The summed E-state index contributed by atoms with van der Waals surface area (Å²) in [5.74, 6) is -0.401. The van der Waals surface area contributed by atoms with Crippen LogP contribution in [0.1, 0.15) is 17.9 Å². The zero-order valence-electron chi connectivity index (χ0n) is 23.4. The van der Waals surface area contributed by atoms with Gasteiger partial charge in [0.05, 0.1) is 29.5 Å². The van der Waals surface area contributed by atoms with E-state index in [1.165, 1.54) is 48.2 Å². The number of aryl methyl sites for hydroxylation is 1. The van der Waals surface area contributed by atoms with E-state index in [1.807, 2.05) is 0 Å². The van der Waals surface area contributed by atoms with Crippen LogP contribution in [0.5, 0.6) is 0 Å². The first-order chi connectivity index (χ1) is 20.6. The molecular weight excluding hydrogens is 655 g/mol. The molecule has 1 heterocycles. The zero-order valence-corrected chi connectivity index (χ0v) is 26.7. The van der Waals surface area contributed by atoms with E-state index >= 15 is 4.21 Å². The molecule has 45 heavy (non-hydrogen) atoms. The Bertz CT molecular complexity index is 2020. The van der Waals surface area contributed by atoms with Gasteiger partial charge in [0.15, 0.2) is 5.96 Å². The Labute approximate surface area is 270 Å². The molecule has 1 aromatic heterocycles. The van der Waals surface area contributed by atoms with E-state index < -0.39 is 25.8 Å². The number of amidine groups is 1. The number of nitrogen functional groups attached to an aromatic ring is 2. The van der Waals surface area contributed by atoms with Crippen LogP contribution in [-0.4, -0.2) is 36.7 Å². The zero-order chi connectivity index (χ0) is 32.4. The maximum Gasteiger partial charge on any atom is 0.316 e. The predicted molar refractivity (Wildman–Crippen MR) is 184 cm³/mol. The topological polar surface area (TPSA) is 259 Å². The highest BCUT2D eigenvalue weighted by molar-refractivity contribution is 8.05. The number of thioether (sulfide) groups is 1. The van der Waals surface area contributed by atoms with E-state index in [2.05, 4.69) is 14.1 Å². The Morgan fingerprint density at radius 2 is 1.62 bits per heavy atom. The van der Waals surface area contributed by atoms with Crippen LogP contribution in [-0.2, 0) is 19.8 Å². The van der Waals surface area contributed by atoms with E-state index in [4.69, 9.17) is 34.1 Å². The summed E-state index contributed by atoms with van der Waals surface area (Å²) < 4.78 is 47.0. The molecule has 13 nitrogen and oxygen atoms in total.